The van der Waals surface area contributed by atoms with Crippen LogP contribution in [0.15, 0.2) is 0 Å². The summed E-state index contributed by atoms with van der Waals surface area (Å²) in [6, 6.07) is 7.31. The highest BCUT2D eigenvalue weighted by Crippen LogP contribution is 2.27. The van der Waals surface area contributed by atoms with E-state index < -0.39 is 70.4 Å². The second-order valence-corrected chi connectivity index (χ2v) is 59.8. The van der Waals surface area contributed by atoms with E-state index in [1.165, 1.54) is 77.8 Å². The fourth-order valence-electron chi connectivity index (χ4n) is 16.3. The van der Waals surface area contributed by atoms with E-state index in [9.17, 15) is 0 Å². The lowest BCUT2D eigenvalue weighted by atomic mass is 10.3. The van der Waals surface area contributed by atoms with E-state index in [2.05, 4.69) is 213 Å². The van der Waals surface area contributed by atoms with Gasteiger partial charge in [0.1, 0.15) is 0 Å². The van der Waals surface area contributed by atoms with Gasteiger partial charge in [-0.2, -0.15) is 0 Å². The van der Waals surface area contributed by atoms with Crippen LogP contribution in [0, 0.1) is 0 Å². The van der Waals surface area contributed by atoms with E-state index >= 15 is 0 Å². The molecule has 0 heterocycles. The van der Waals surface area contributed by atoms with Gasteiger partial charge in [-0.25, -0.2) is 0 Å². The molecule has 0 aliphatic heterocycles. The van der Waals surface area contributed by atoms with E-state index in [0.717, 1.165) is 309 Å². The van der Waals surface area contributed by atoms with Crippen LogP contribution in [0.1, 0.15) is 355 Å². The summed E-state index contributed by atoms with van der Waals surface area (Å²) in [5, 5.41) is 0. The van der Waals surface area contributed by atoms with Crippen LogP contribution < -0.4 is 0 Å². The SMILES string of the molecule is CCCN(CCC)CCC[Si](OC)(OC)OC.CCCN(CCC)CCC[Si](OCC)(OCC)OCC.CCCO[Si](CCCN(C)C)(OCCC)OCCC.CCCO[Si](CCCN(CC)CC)(OCCC)OCCC.CCCO[Si](CCCN(CCC)CCC)(OCCC)OCCC.CCN(CC)CCC[Si](OC)(OC)OC.CCO[Si](CCCN(C)C)(OCC)OCC.CCO[Si](CCCN(CC)CC)(OCC)OCC. The van der Waals surface area contributed by atoms with Gasteiger partial charge < -0.3 is 145 Å². The summed E-state index contributed by atoms with van der Waals surface area (Å²) in [4.78, 5) is 19.2. The minimum atomic E-state index is -2.50. The molecule has 910 valence electrons. The van der Waals surface area contributed by atoms with Gasteiger partial charge in [-0.15, -0.1) is 0 Å². The summed E-state index contributed by atoms with van der Waals surface area (Å²) in [6.45, 7) is 98.9. The molecule has 0 aliphatic carbocycles. The Morgan fingerprint density at radius 1 is 0.134 bits per heavy atom. The molecule has 0 spiro atoms. The summed E-state index contributed by atoms with van der Waals surface area (Å²) >= 11 is 0. The molecule has 0 amide bonds. The molecule has 32 nitrogen and oxygen atoms in total. The molecule has 149 heavy (non-hydrogen) atoms. The monoisotopic (exact) mass is 2290 g/mol. The number of nitrogens with zero attached hydrogens (tertiary/aromatic N) is 8. The third kappa shape index (κ3) is 92.6. The fourth-order valence-corrected chi connectivity index (χ4v) is 36.0. The van der Waals surface area contributed by atoms with Crippen LogP contribution >= 0.6 is 0 Å². The summed E-state index contributed by atoms with van der Waals surface area (Å²) in [5.74, 6) is 0. The third-order valence-electron chi connectivity index (χ3n) is 23.7. The van der Waals surface area contributed by atoms with Gasteiger partial charge in [0.25, 0.3) is 0 Å². The Labute approximate surface area is 934 Å². The molecule has 0 aliphatic rings. The van der Waals surface area contributed by atoms with Gasteiger partial charge in [-0.1, -0.05) is 145 Å². The topological polar surface area (TPSA) is 247 Å². The maximum atomic E-state index is 6.16. The van der Waals surface area contributed by atoms with Crippen LogP contribution in [-0.4, -0.2) is 430 Å². The highest BCUT2D eigenvalue weighted by molar-refractivity contribution is 6.63. The minimum absolute atomic E-state index is 0.661. The summed E-state index contributed by atoms with van der Waals surface area (Å²) in [7, 11) is -1.01. The van der Waals surface area contributed by atoms with Crippen LogP contribution in [0.25, 0.3) is 0 Å². The summed E-state index contributed by atoms with van der Waals surface area (Å²) in [6.07, 6.45) is 25.0. The zero-order chi connectivity index (χ0) is 114. The van der Waals surface area contributed by atoms with Gasteiger partial charge in [-0.3, -0.25) is 0 Å². The summed E-state index contributed by atoms with van der Waals surface area (Å²) in [5.41, 5.74) is 0. The first-order valence-electron chi connectivity index (χ1n) is 60.2. The molecule has 0 radical (unpaired) electrons. The van der Waals surface area contributed by atoms with E-state index in [1.807, 2.05) is 62.3 Å². The Balaban J connectivity index is -0.000000255. The Hall–Kier alpha value is 0.455. The van der Waals surface area contributed by atoms with Gasteiger partial charge in [0.2, 0.25) is 0 Å². The van der Waals surface area contributed by atoms with E-state index in [4.69, 9.17) is 106 Å². The average Bonchev–Trinajstić information content (AvgIpc) is 0.890. The van der Waals surface area contributed by atoms with Gasteiger partial charge >= 0.3 is 70.4 Å². The van der Waals surface area contributed by atoms with Gasteiger partial charge in [0, 0.05) is 210 Å². The maximum Gasteiger partial charge on any atom is 0.501 e. The van der Waals surface area contributed by atoms with Gasteiger partial charge in [-0.05, 0) is 369 Å². The van der Waals surface area contributed by atoms with Crippen LogP contribution in [0.5, 0.6) is 0 Å². The van der Waals surface area contributed by atoms with Crippen molar-refractivity contribution >= 4 is 70.4 Å². The number of rotatable bonds is 101. The van der Waals surface area contributed by atoms with E-state index in [-0.39, 0.29) is 0 Å². The lowest BCUT2D eigenvalue weighted by Crippen LogP contribution is -2.47. The van der Waals surface area contributed by atoms with Crippen LogP contribution in [0.4, 0.5) is 0 Å². The molecule has 0 saturated heterocycles. The first kappa shape index (κ1) is 165. The smallest absolute Gasteiger partial charge is 0.377 e. The van der Waals surface area contributed by atoms with E-state index in [0.29, 0.717) is 59.5 Å². The molecule has 0 N–H and O–H groups in total. The number of hydrogen-bond donors (Lipinski definition) is 0. The largest absolute Gasteiger partial charge is 0.501 e. The summed E-state index contributed by atoms with van der Waals surface area (Å²) < 4.78 is 140. The van der Waals surface area contributed by atoms with E-state index in [1.54, 1.807) is 42.7 Å². The van der Waals surface area contributed by atoms with Gasteiger partial charge in [0.15, 0.2) is 0 Å². The first-order valence-corrected chi connectivity index (χ1v) is 75.7. The van der Waals surface area contributed by atoms with Crippen LogP contribution in [0.2, 0.25) is 48.4 Å². The molecular formula is C109H258N8O24Si8. The molecule has 40 heteroatoms. The van der Waals surface area contributed by atoms with Gasteiger partial charge in [0.05, 0.1) is 0 Å². The molecule has 0 bridgehead atoms. The zero-order valence-electron chi connectivity index (χ0n) is 106. The molecule has 0 unspecified atom stereocenters. The lowest BCUT2D eigenvalue weighted by Gasteiger charge is -2.30. The predicted molar refractivity (Wildman–Crippen MR) is 646 cm³/mol. The van der Waals surface area contributed by atoms with Crippen molar-refractivity contribution in [3.63, 3.8) is 0 Å². The number of hydrogen-bond acceptors (Lipinski definition) is 32. The first-order chi connectivity index (χ1) is 71.7. The van der Waals surface area contributed by atoms with Crippen molar-refractivity contribution in [2.45, 2.75) is 404 Å². The van der Waals surface area contributed by atoms with Crippen molar-refractivity contribution in [2.75, 3.05) is 321 Å². The van der Waals surface area contributed by atoms with Crippen molar-refractivity contribution in [2.24, 2.45) is 0 Å². The Bertz CT molecular complexity index is 2420. The Morgan fingerprint density at radius 2 is 0.255 bits per heavy atom. The van der Waals surface area contributed by atoms with Crippen LogP contribution in [-0.2, 0) is 106 Å². The molecular weight excluding hydrogens is 2030 g/mol. The Kier molecular flexibility index (Phi) is 130. The normalized spacial score (nSPS) is 12.3. The molecule has 0 aromatic heterocycles. The minimum Gasteiger partial charge on any atom is -0.377 e. The standard InChI is InChI=1S/C18H41NO3Si.C16H37NO3Si.C15H35NO3Si.C14H33NO3Si.C13H31NO3Si.C12H29NO3Si.C11H27NO3Si.C10H25NO3Si/c1-6-12-19(13-7-2)14-11-18-23(20-15-8-3,21-16-9-4)22-17-10-5;1-6-13-18-21(19-14-7-2,20-15-8-3)16-11-12-17(9-4)10-5;1-6-12-16(13-7-2)14-11-15-20(17-8-3,18-9-4)19-10-5;1-6-11-16-19(17-12-7-2,18-13-8-3)14-9-10-15(4)5;1-6-14(7-2)12-11-13-18(15-8-3,16-9-4)17-10-5;1-6-9-13(10-7-2)11-8-12-17(14-3,15-4)16-5;1-6-13-16(14-7-2,15-8-3)11-9-10-12(4)5;1-6-11(7-2)9-8-10-15(12-3,13-4)14-5/h6-18H2,1-5H3;6-16H2,1-5H3;6-15H2,1-5H3;6-14H2,1-5H3;6-13H2,1-5H3;6-12H2,1-5H3;6-11H2,1-5H3;6-10H2,1-5H3. The Morgan fingerprint density at radius 3 is 0.362 bits per heavy atom. The quantitative estimate of drug-likeness (QED) is 0.0513. The van der Waals surface area contributed by atoms with Crippen molar-refractivity contribution in [1.29, 1.82) is 0 Å². The maximum absolute atomic E-state index is 6.16. The molecule has 0 aromatic rings. The third-order valence-corrected chi connectivity index (χ3v) is 47.5. The van der Waals surface area contributed by atoms with Crippen LogP contribution in [0.3, 0.4) is 0 Å². The molecule has 0 fully saturated rings. The van der Waals surface area contributed by atoms with Crippen molar-refractivity contribution in [1.82, 2.24) is 39.2 Å². The highest BCUT2D eigenvalue weighted by Gasteiger charge is 2.46. The van der Waals surface area contributed by atoms with Crippen molar-refractivity contribution in [3.8, 4) is 0 Å². The second kappa shape index (κ2) is 118. The van der Waals surface area contributed by atoms with Crippen molar-refractivity contribution in [3.05, 3.63) is 0 Å². The lowest BCUT2D eigenvalue weighted by molar-refractivity contribution is 0.0574. The molecule has 0 atom stereocenters. The van der Waals surface area contributed by atoms with Crippen molar-refractivity contribution < 1.29 is 106 Å². The zero-order valence-corrected chi connectivity index (χ0v) is 114. The predicted octanol–water partition coefficient (Wildman–Crippen LogP) is 24.1. The molecule has 0 aromatic carbocycles. The average molecular weight is 2290 g/mol. The molecule has 0 saturated carbocycles. The fraction of sp³-hybridized carbons (Fsp3) is 1.00. The highest BCUT2D eigenvalue weighted by atomic mass is 28.4. The molecule has 0 rings (SSSR count). The second-order valence-electron chi connectivity index (χ2n) is 37.3.